The Kier molecular flexibility index (Phi) is 4.96. The molecule has 1 nitrogen and oxygen atoms in total. The van der Waals surface area contributed by atoms with Crippen LogP contribution in [0.15, 0.2) is 30.3 Å². The zero-order chi connectivity index (χ0) is 15.6. The number of rotatable bonds is 4. The zero-order valence-electron chi connectivity index (χ0n) is 12.3. The first-order chi connectivity index (χ1) is 9.92. The molecule has 0 amide bonds. The van der Waals surface area contributed by atoms with Gasteiger partial charge in [0.15, 0.2) is 0 Å². The average molecular weight is 310 g/mol. The molecule has 0 aliphatic rings. The van der Waals surface area contributed by atoms with Crippen LogP contribution in [0.4, 0.5) is 8.78 Å². The van der Waals surface area contributed by atoms with Crippen LogP contribution in [0.1, 0.15) is 28.3 Å². The van der Waals surface area contributed by atoms with Crippen LogP contribution in [0.3, 0.4) is 0 Å². The fourth-order valence-electron chi connectivity index (χ4n) is 2.35. The standard InChI is InChI=1S/C17H18ClF2N/c1-10-4-5-12(14(18)6-10)8-17(21-3)13-7-11(2)15(19)9-16(13)20/h4-7,9,17,21H,8H2,1-3H3. The Morgan fingerprint density at radius 1 is 1.10 bits per heavy atom. The van der Waals surface area contributed by atoms with Crippen LogP contribution in [0.2, 0.25) is 5.02 Å². The molecule has 2 rings (SSSR count). The van der Waals surface area contributed by atoms with E-state index in [4.69, 9.17) is 11.6 Å². The molecule has 0 radical (unpaired) electrons. The number of nitrogens with one attached hydrogen (secondary N) is 1. The fraction of sp³-hybridized carbons (Fsp3) is 0.294. The van der Waals surface area contributed by atoms with Crippen molar-refractivity contribution in [3.8, 4) is 0 Å². The first kappa shape index (κ1) is 15.9. The van der Waals surface area contributed by atoms with E-state index in [-0.39, 0.29) is 6.04 Å². The number of halogens is 3. The summed E-state index contributed by atoms with van der Waals surface area (Å²) in [6.07, 6.45) is 0.539. The SMILES string of the molecule is CNC(Cc1ccc(C)cc1Cl)c1cc(C)c(F)cc1F. The van der Waals surface area contributed by atoms with E-state index >= 15 is 0 Å². The van der Waals surface area contributed by atoms with E-state index in [2.05, 4.69) is 5.32 Å². The van der Waals surface area contributed by atoms with Gasteiger partial charge < -0.3 is 5.32 Å². The van der Waals surface area contributed by atoms with Crippen LogP contribution in [-0.2, 0) is 6.42 Å². The summed E-state index contributed by atoms with van der Waals surface area (Å²) < 4.78 is 27.4. The molecule has 2 aromatic rings. The van der Waals surface area contributed by atoms with Gasteiger partial charge in [-0.1, -0.05) is 23.7 Å². The topological polar surface area (TPSA) is 12.0 Å². The minimum Gasteiger partial charge on any atom is -0.313 e. The van der Waals surface area contributed by atoms with Crippen LogP contribution in [-0.4, -0.2) is 7.05 Å². The van der Waals surface area contributed by atoms with Crippen LogP contribution >= 0.6 is 11.6 Å². The number of likely N-dealkylation sites (N-methyl/N-ethyl adjacent to an activating group) is 1. The molecular formula is C17H18ClF2N. The molecule has 0 saturated heterocycles. The van der Waals surface area contributed by atoms with Crippen molar-refractivity contribution in [1.82, 2.24) is 5.32 Å². The van der Waals surface area contributed by atoms with Crippen LogP contribution < -0.4 is 5.32 Å². The van der Waals surface area contributed by atoms with Crippen LogP contribution in [0.25, 0.3) is 0 Å². The van der Waals surface area contributed by atoms with Gasteiger partial charge in [-0.2, -0.15) is 0 Å². The van der Waals surface area contributed by atoms with Crippen LogP contribution in [0.5, 0.6) is 0 Å². The maximum Gasteiger partial charge on any atom is 0.130 e. The molecule has 1 N–H and O–H groups in total. The molecule has 21 heavy (non-hydrogen) atoms. The third-order valence-electron chi connectivity index (χ3n) is 3.63. The van der Waals surface area contributed by atoms with Gasteiger partial charge in [0, 0.05) is 22.7 Å². The summed E-state index contributed by atoms with van der Waals surface area (Å²) in [4.78, 5) is 0. The van der Waals surface area contributed by atoms with Crippen molar-refractivity contribution in [2.75, 3.05) is 7.05 Å². The van der Waals surface area contributed by atoms with Crippen molar-refractivity contribution in [2.24, 2.45) is 0 Å². The lowest BCUT2D eigenvalue weighted by Crippen LogP contribution is -2.20. The lowest BCUT2D eigenvalue weighted by Gasteiger charge is -2.19. The molecule has 112 valence electrons. The predicted molar refractivity (Wildman–Crippen MR) is 82.8 cm³/mol. The zero-order valence-corrected chi connectivity index (χ0v) is 13.1. The molecule has 0 spiro atoms. The maximum absolute atomic E-state index is 14.0. The summed E-state index contributed by atoms with van der Waals surface area (Å²) >= 11 is 6.23. The second-order valence-electron chi connectivity index (χ2n) is 5.26. The highest BCUT2D eigenvalue weighted by Gasteiger charge is 2.18. The van der Waals surface area contributed by atoms with E-state index in [0.717, 1.165) is 17.2 Å². The molecule has 0 aliphatic carbocycles. The lowest BCUT2D eigenvalue weighted by atomic mass is 9.96. The van der Waals surface area contributed by atoms with Gasteiger partial charge in [-0.05, 0) is 56.1 Å². The minimum absolute atomic E-state index is 0.260. The molecule has 1 atom stereocenters. The molecule has 2 aromatic carbocycles. The monoisotopic (exact) mass is 309 g/mol. The molecule has 0 aliphatic heterocycles. The Labute approximate surface area is 128 Å². The molecule has 0 saturated carbocycles. The van der Waals surface area contributed by atoms with Gasteiger partial charge >= 0.3 is 0 Å². The summed E-state index contributed by atoms with van der Waals surface area (Å²) in [6, 6.07) is 8.02. The highest BCUT2D eigenvalue weighted by molar-refractivity contribution is 6.31. The van der Waals surface area contributed by atoms with Crippen LogP contribution in [0, 0.1) is 25.5 Å². The van der Waals surface area contributed by atoms with E-state index in [1.54, 1.807) is 20.0 Å². The normalized spacial score (nSPS) is 12.5. The van der Waals surface area contributed by atoms with Crippen molar-refractivity contribution >= 4 is 11.6 Å². The molecule has 1 unspecified atom stereocenters. The molecule has 4 heteroatoms. The Morgan fingerprint density at radius 2 is 1.81 bits per heavy atom. The number of hydrogen-bond acceptors (Lipinski definition) is 1. The highest BCUT2D eigenvalue weighted by Crippen LogP contribution is 2.27. The Balaban J connectivity index is 2.34. The Hall–Kier alpha value is -1.45. The average Bonchev–Trinajstić information content (AvgIpc) is 2.43. The van der Waals surface area contributed by atoms with Gasteiger partial charge in [-0.3, -0.25) is 0 Å². The lowest BCUT2D eigenvalue weighted by molar-refractivity contribution is 0.519. The molecule has 0 heterocycles. The molecule has 0 bridgehead atoms. The summed E-state index contributed by atoms with van der Waals surface area (Å²) in [7, 11) is 1.75. The minimum atomic E-state index is -0.541. The maximum atomic E-state index is 14.0. The van der Waals surface area contributed by atoms with Crippen molar-refractivity contribution in [2.45, 2.75) is 26.3 Å². The van der Waals surface area contributed by atoms with E-state index in [1.807, 2.05) is 25.1 Å². The van der Waals surface area contributed by atoms with Gasteiger partial charge in [0.2, 0.25) is 0 Å². The predicted octanol–water partition coefficient (Wildman–Crippen LogP) is 4.74. The quantitative estimate of drug-likeness (QED) is 0.860. The Bertz CT molecular complexity index is 655. The van der Waals surface area contributed by atoms with Crippen molar-refractivity contribution < 1.29 is 8.78 Å². The smallest absolute Gasteiger partial charge is 0.130 e. The second kappa shape index (κ2) is 6.54. The number of aryl methyl sites for hydroxylation is 2. The largest absolute Gasteiger partial charge is 0.313 e. The third kappa shape index (κ3) is 3.60. The first-order valence-electron chi connectivity index (χ1n) is 6.80. The van der Waals surface area contributed by atoms with Gasteiger partial charge in [0.25, 0.3) is 0 Å². The second-order valence-corrected chi connectivity index (χ2v) is 5.67. The van der Waals surface area contributed by atoms with Gasteiger partial charge in [-0.25, -0.2) is 8.78 Å². The third-order valence-corrected chi connectivity index (χ3v) is 3.99. The molecular weight excluding hydrogens is 292 g/mol. The van der Waals surface area contributed by atoms with E-state index in [1.165, 1.54) is 0 Å². The van der Waals surface area contributed by atoms with E-state index in [0.29, 0.717) is 22.6 Å². The number of benzene rings is 2. The van der Waals surface area contributed by atoms with Crippen molar-refractivity contribution in [3.05, 3.63) is 69.2 Å². The van der Waals surface area contributed by atoms with E-state index < -0.39 is 11.6 Å². The van der Waals surface area contributed by atoms with E-state index in [9.17, 15) is 8.78 Å². The fourth-order valence-corrected chi connectivity index (χ4v) is 2.66. The highest BCUT2D eigenvalue weighted by atomic mass is 35.5. The molecule has 0 aromatic heterocycles. The Morgan fingerprint density at radius 3 is 2.43 bits per heavy atom. The summed E-state index contributed by atoms with van der Waals surface area (Å²) in [6.45, 7) is 3.60. The van der Waals surface area contributed by atoms with Gasteiger partial charge in [0.1, 0.15) is 11.6 Å². The summed E-state index contributed by atoms with van der Waals surface area (Å²) in [5.74, 6) is -1.07. The summed E-state index contributed by atoms with van der Waals surface area (Å²) in [5.41, 5.74) is 2.89. The van der Waals surface area contributed by atoms with Gasteiger partial charge in [0.05, 0.1) is 0 Å². The summed E-state index contributed by atoms with van der Waals surface area (Å²) in [5, 5.41) is 3.74. The van der Waals surface area contributed by atoms with Crippen molar-refractivity contribution in [3.63, 3.8) is 0 Å². The van der Waals surface area contributed by atoms with Crippen molar-refractivity contribution in [1.29, 1.82) is 0 Å². The number of hydrogen-bond donors (Lipinski definition) is 1. The molecule has 0 fully saturated rings. The van der Waals surface area contributed by atoms with Gasteiger partial charge in [-0.15, -0.1) is 0 Å². The first-order valence-corrected chi connectivity index (χ1v) is 7.18.